The zero-order chi connectivity index (χ0) is 17.3. The van der Waals surface area contributed by atoms with Crippen LogP contribution in [0.3, 0.4) is 0 Å². The van der Waals surface area contributed by atoms with Gasteiger partial charge in [-0.05, 0) is 43.2 Å². The van der Waals surface area contributed by atoms with Crippen LogP contribution in [-0.2, 0) is 12.5 Å². The van der Waals surface area contributed by atoms with E-state index in [0.29, 0.717) is 12.5 Å². The lowest BCUT2D eigenvalue weighted by atomic mass is 9.70. The Morgan fingerprint density at radius 3 is 2.62 bits per heavy atom. The van der Waals surface area contributed by atoms with Crippen LogP contribution in [0, 0.1) is 5.41 Å². The summed E-state index contributed by atoms with van der Waals surface area (Å²) in [5.74, 6) is 1.12. The van der Waals surface area contributed by atoms with E-state index in [1.807, 2.05) is 42.9 Å². The van der Waals surface area contributed by atoms with Crippen LogP contribution >= 0.6 is 0 Å². The molecule has 0 N–H and O–H groups in total. The van der Waals surface area contributed by atoms with Crippen molar-refractivity contribution >= 4 is 0 Å². The molecule has 1 fully saturated rings. The topological polar surface area (TPSA) is 36.2 Å². The number of rotatable bonds is 3. The normalized spacial score (nSPS) is 26.6. The van der Waals surface area contributed by atoms with Gasteiger partial charge in [0.15, 0.2) is 0 Å². The average molecular weight is 326 g/mol. The predicted molar refractivity (Wildman–Crippen MR) is 95.3 cm³/mol. The molecule has 128 valence electrons. The van der Waals surface area contributed by atoms with Gasteiger partial charge in [-0.1, -0.05) is 32.9 Å². The molecule has 0 aliphatic heterocycles. The number of nitrogens with zero attached hydrogens (tertiary/aromatic N) is 2. The largest absolute Gasteiger partial charge is 0.492 e. The summed E-state index contributed by atoms with van der Waals surface area (Å²) in [4.78, 5) is 13.3. The molecule has 2 aromatic rings. The lowest BCUT2D eigenvalue weighted by Crippen LogP contribution is -2.35. The molecule has 1 unspecified atom stereocenters. The first-order valence-electron chi connectivity index (χ1n) is 8.89. The second-order valence-corrected chi connectivity index (χ2v) is 7.95. The molecule has 0 saturated heterocycles. The van der Waals surface area contributed by atoms with Gasteiger partial charge in [-0.2, -0.15) is 0 Å². The van der Waals surface area contributed by atoms with Gasteiger partial charge < -0.3 is 4.74 Å². The van der Waals surface area contributed by atoms with E-state index in [0.717, 1.165) is 29.8 Å². The third-order valence-corrected chi connectivity index (χ3v) is 6.79. The average Bonchev–Trinajstić information content (AvgIpc) is 3.00. The summed E-state index contributed by atoms with van der Waals surface area (Å²) >= 11 is 0. The van der Waals surface area contributed by atoms with E-state index in [9.17, 15) is 4.79 Å². The van der Waals surface area contributed by atoms with Crippen molar-refractivity contribution in [1.82, 2.24) is 9.36 Å². The van der Waals surface area contributed by atoms with E-state index in [1.165, 1.54) is 5.69 Å². The van der Waals surface area contributed by atoms with E-state index >= 15 is 0 Å². The highest BCUT2D eigenvalue weighted by atomic mass is 16.5. The van der Waals surface area contributed by atoms with E-state index < -0.39 is 0 Å². The van der Waals surface area contributed by atoms with Crippen molar-refractivity contribution in [2.24, 2.45) is 12.5 Å². The van der Waals surface area contributed by atoms with Crippen molar-refractivity contribution in [2.75, 3.05) is 6.61 Å². The van der Waals surface area contributed by atoms with Crippen LogP contribution in [-0.4, -0.2) is 16.0 Å². The van der Waals surface area contributed by atoms with Crippen LogP contribution in [0.5, 0.6) is 5.75 Å². The molecule has 1 heterocycles. The van der Waals surface area contributed by atoms with Gasteiger partial charge in [0.25, 0.3) is 5.56 Å². The Kier molecular flexibility index (Phi) is 3.09. The van der Waals surface area contributed by atoms with Gasteiger partial charge >= 0.3 is 0 Å². The first-order chi connectivity index (χ1) is 11.3. The Labute approximate surface area is 143 Å². The molecule has 0 radical (unpaired) electrons. The summed E-state index contributed by atoms with van der Waals surface area (Å²) in [6.45, 7) is 9.53. The lowest BCUT2D eigenvalue weighted by molar-refractivity contribution is 0.217. The highest BCUT2D eigenvalue weighted by Gasteiger charge is 2.62. The molecule has 1 aromatic carbocycles. The van der Waals surface area contributed by atoms with Crippen LogP contribution in [0.15, 0.2) is 29.1 Å². The van der Waals surface area contributed by atoms with Crippen LogP contribution in [0.2, 0.25) is 0 Å². The third kappa shape index (κ3) is 1.61. The van der Waals surface area contributed by atoms with Crippen molar-refractivity contribution in [2.45, 2.75) is 51.9 Å². The van der Waals surface area contributed by atoms with Crippen molar-refractivity contribution < 1.29 is 4.74 Å². The van der Waals surface area contributed by atoms with Crippen LogP contribution in [0.4, 0.5) is 0 Å². The maximum Gasteiger partial charge on any atom is 0.275 e. The van der Waals surface area contributed by atoms with Crippen molar-refractivity contribution in [3.8, 4) is 11.4 Å². The van der Waals surface area contributed by atoms with Crippen LogP contribution in [0.25, 0.3) is 5.69 Å². The molecule has 0 amide bonds. The molecular formula is C20H26N2O2. The number of aromatic nitrogens is 2. The van der Waals surface area contributed by atoms with Gasteiger partial charge in [0.05, 0.1) is 12.3 Å². The van der Waals surface area contributed by atoms with E-state index in [2.05, 4.69) is 25.5 Å². The van der Waals surface area contributed by atoms with Crippen molar-refractivity contribution in [3.05, 3.63) is 45.9 Å². The summed E-state index contributed by atoms with van der Waals surface area (Å²) in [6.07, 6.45) is 2.27. The van der Waals surface area contributed by atoms with E-state index in [-0.39, 0.29) is 16.4 Å². The Balaban J connectivity index is 1.99. The summed E-state index contributed by atoms with van der Waals surface area (Å²) < 4.78 is 9.65. The van der Waals surface area contributed by atoms with Crippen molar-refractivity contribution in [3.63, 3.8) is 0 Å². The third-order valence-electron chi connectivity index (χ3n) is 6.79. The molecule has 1 aromatic heterocycles. The van der Waals surface area contributed by atoms with Gasteiger partial charge in [-0.15, -0.1) is 0 Å². The molecule has 1 saturated carbocycles. The second-order valence-electron chi connectivity index (χ2n) is 7.95. The molecular weight excluding hydrogens is 300 g/mol. The highest BCUT2D eigenvalue weighted by Crippen LogP contribution is 2.66. The number of fused-ring (bicyclic) bond motifs is 5. The van der Waals surface area contributed by atoms with Gasteiger partial charge in [0, 0.05) is 18.0 Å². The first-order valence-corrected chi connectivity index (χ1v) is 8.89. The Morgan fingerprint density at radius 2 is 1.96 bits per heavy atom. The smallest absolute Gasteiger partial charge is 0.275 e. The lowest BCUT2D eigenvalue weighted by Gasteiger charge is -2.36. The Hall–Kier alpha value is -1.97. The number of benzene rings is 1. The number of hydrogen-bond acceptors (Lipinski definition) is 2. The summed E-state index contributed by atoms with van der Waals surface area (Å²) in [6, 6.07) is 7.81. The number of ether oxygens (including phenoxy) is 1. The molecule has 2 atom stereocenters. The predicted octanol–water partition coefficient (Wildman–Crippen LogP) is 3.75. The molecule has 4 nitrogen and oxygen atoms in total. The quantitative estimate of drug-likeness (QED) is 0.861. The fourth-order valence-electron chi connectivity index (χ4n) is 5.20. The standard InChI is InChI=1S/C20H26N2O2/c1-6-24-15-10-8-7-9-14(15)22-18(23)16-13-11-12-20(4,19(13,2)3)17(16)21(22)5/h7-10,13H,6,11-12H2,1-5H3/t13?,20-/m0/s1. The molecule has 2 bridgehead atoms. The van der Waals surface area contributed by atoms with Crippen LogP contribution in [0.1, 0.15) is 57.7 Å². The van der Waals surface area contributed by atoms with E-state index in [1.54, 1.807) is 0 Å². The second kappa shape index (κ2) is 4.78. The van der Waals surface area contributed by atoms with Gasteiger partial charge in [-0.3, -0.25) is 9.48 Å². The fraction of sp³-hybridized carbons (Fsp3) is 0.550. The Bertz CT molecular complexity index is 874. The summed E-state index contributed by atoms with van der Waals surface area (Å²) in [7, 11) is 2.02. The highest BCUT2D eigenvalue weighted by molar-refractivity contribution is 5.51. The number of para-hydroxylation sites is 2. The maximum atomic E-state index is 13.3. The molecule has 0 spiro atoms. The minimum Gasteiger partial charge on any atom is -0.492 e. The monoisotopic (exact) mass is 326 g/mol. The zero-order valence-electron chi connectivity index (χ0n) is 15.2. The van der Waals surface area contributed by atoms with Gasteiger partial charge in [0.2, 0.25) is 0 Å². The van der Waals surface area contributed by atoms with Gasteiger partial charge in [-0.25, -0.2) is 4.68 Å². The molecule has 4 heteroatoms. The minimum absolute atomic E-state index is 0.0622. The molecule has 24 heavy (non-hydrogen) atoms. The molecule has 4 rings (SSSR count). The van der Waals surface area contributed by atoms with Crippen molar-refractivity contribution in [1.29, 1.82) is 0 Å². The minimum atomic E-state index is 0.0622. The SMILES string of the molecule is CCOc1ccccc1-n1c(=O)c2c(n1C)[C@]1(C)CCC2C1(C)C. The first kappa shape index (κ1) is 15.6. The zero-order valence-corrected chi connectivity index (χ0v) is 15.2. The summed E-state index contributed by atoms with van der Waals surface area (Å²) in [5.41, 5.74) is 3.42. The molecule has 2 aliphatic rings. The number of hydrogen-bond donors (Lipinski definition) is 0. The molecule has 2 aliphatic carbocycles. The van der Waals surface area contributed by atoms with Gasteiger partial charge in [0.1, 0.15) is 11.4 Å². The summed E-state index contributed by atoms with van der Waals surface area (Å²) in [5, 5.41) is 0. The Morgan fingerprint density at radius 1 is 1.25 bits per heavy atom. The van der Waals surface area contributed by atoms with E-state index in [4.69, 9.17) is 4.74 Å². The fourth-order valence-corrected chi connectivity index (χ4v) is 5.20. The maximum absolute atomic E-state index is 13.3. The van der Waals surface area contributed by atoms with Crippen LogP contribution < -0.4 is 10.3 Å².